The fourth-order valence-corrected chi connectivity index (χ4v) is 2.99. The van der Waals surface area contributed by atoms with Crippen LogP contribution in [0, 0.1) is 0 Å². The van der Waals surface area contributed by atoms with Gasteiger partial charge in [0.1, 0.15) is 23.1 Å². The summed E-state index contributed by atoms with van der Waals surface area (Å²) in [6.45, 7) is 0. The van der Waals surface area contributed by atoms with Crippen molar-refractivity contribution in [2.24, 2.45) is 0 Å². The van der Waals surface area contributed by atoms with Crippen molar-refractivity contribution >= 4 is 40.7 Å². The van der Waals surface area contributed by atoms with Gasteiger partial charge in [0.15, 0.2) is 0 Å². The molecule has 0 fully saturated rings. The number of hydrogen-bond acceptors (Lipinski definition) is 5. The number of methoxy groups -OCH3 is 2. The number of nitrogen functional groups attached to an aromatic ring is 1. The number of benzene rings is 2. The Morgan fingerprint density at radius 3 is 2.25 bits per heavy atom. The first kappa shape index (κ1) is 19.8. The van der Waals surface area contributed by atoms with E-state index in [2.05, 4.69) is 10.3 Å². The third-order valence-corrected chi connectivity index (χ3v) is 4.56. The highest BCUT2D eigenvalue weighted by molar-refractivity contribution is 6.35. The SMILES string of the molecule is COc1cc(OC)cc(C(=O)Nc2ccc(-c3cc(Cl)ccc3Cl)c(N)n2)c1. The largest absolute Gasteiger partial charge is 0.497 e. The standard InChI is InChI=1S/C20H17Cl2N3O3/c1-27-13-7-11(8-14(10-13)28-2)20(26)25-18-6-4-15(19(23)24-18)16-9-12(21)3-5-17(16)22/h3-10H,1-2H3,(H3,23,24,25,26). The van der Waals surface area contributed by atoms with Gasteiger partial charge in [-0.15, -0.1) is 0 Å². The lowest BCUT2D eigenvalue weighted by atomic mass is 10.1. The van der Waals surface area contributed by atoms with E-state index in [1.165, 1.54) is 14.2 Å². The zero-order valence-electron chi connectivity index (χ0n) is 15.1. The van der Waals surface area contributed by atoms with Crippen LogP contribution in [0.4, 0.5) is 11.6 Å². The topological polar surface area (TPSA) is 86.5 Å². The summed E-state index contributed by atoms with van der Waals surface area (Å²) in [5.41, 5.74) is 7.71. The van der Waals surface area contributed by atoms with Crippen molar-refractivity contribution in [1.29, 1.82) is 0 Å². The summed E-state index contributed by atoms with van der Waals surface area (Å²) in [7, 11) is 3.02. The van der Waals surface area contributed by atoms with E-state index in [1.807, 2.05) is 0 Å². The molecule has 0 aliphatic heterocycles. The second-order valence-corrected chi connectivity index (χ2v) is 6.65. The van der Waals surface area contributed by atoms with Crippen molar-refractivity contribution in [3.8, 4) is 22.6 Å². The molecule has 1 amide bonds. The minimum atomic E-state index is -0.377. The number of carbonyl (C=O) groups is 1. The van der Waals surface area contributed by atoms with Gasteiger partial charge in [0.2, 0.25) is 0 Å². The van der Waals surface area contributed by atoms with E-state index >= 15 is 0 Å². The summed E-state index contributed by atoms with van der Waals surface area (Å²) in [5, 5.41) is 3.74. The first-order valence-electron chi connectivity index (χ1n) is 8.17. The van der Waals surface area contributed by atoms with Crippen LogP contribution in [0.1, 0.15) is 10.4 Å². The lowest BCUT2D eigenvalue weighted by molar-refractivity contribution is 0.102. The average Bonchev–Trinajstić information content (AvgIpc) is 2.69. The highest BCUT2D eigenvalue weighted by Crippen LogP contribution is 2.34. The van der Waals surface area contributed by atoms with Gasteiger partial charge >= 0.3 is 0 Å². The molecule has 3 rings (SSSR count). The summed E-state index contributed by atoms with van der Waals surface area (Å²) in [6.07, 6.45) is 0. The molecule has 28 heavy (non-hydrogen) atoms. The number of halogens is 2. The van der Waals surface area contributed by atoms with Crippen LogP contribution in [0.15, 0.2) is 48.5 Å². The Labute approximate surface area is 172 Å². The molecule has 0 spiro atoms. The van der Waals surface area contributed by atoms with E-state index in [9.17, 15) is 4.79 Å². The molecule has 0 atom stereocenters. The monoisotopic (exact) mass is 417 g/mol. The molecule has 0 aliphatic carbocycles. The summed E-state index contributed by atoms with van der Waals surface area (Å²) in [5.74, 6) is 1.14. The van der Waals surface area contributed by atoms with Gasteiger partial charge in [0.25, 0.3) is 5.91 Å². The maximum Gasteiger partial charge on any atom is 0.257 e. The number of rotatable bonds is 5. The number of ether oxygens (including phenoxy) is 2. The van der Waals surface area contributed by atoms with Crippen LogP contribution >= 0.6 is 23.2 Å². The van der Waals surface area contributed by atoms with E-state index in [4.69, 9.17) is 38.4 Å². The molecular weight excluding hydrogens is 401 g/mol. The van der Waals surface area contributed by atoms with Crippen molar-refractivity contribution in [3.63, 3.8) is 0 Å². The van der Waals surface area contributed by atoms with E-state index in [0.29, 0.717) is 44.1 Å². The number of aromatic nitrogens is 1. The molecular formula is C20H17Cl2N3O3. The molecule has 0 bridgehead atoms. The van der Waals surface area contributed by atoms with Crippen LogP contribution in [-0.2, 0) is 0 Å². The van der Waals surface area contributed by atoms with Gasteiger partial charge in [0.05, 0.1) is 14.2 Å². The molecule has 3 aromatic rings. The molecule has 144 valence electrons. The number of pyridine rings is 1. The lowest BCUT2D eigenvalue weighted by Crippen LogP contribution is -2.14. The predicted octanol–water partition coefficient (Wildman–Crippen LogP) is 4.91. The van der Waals surface area contributed by atoms with Crippen LogP contribution in [0.2, 0.25) is 10.0 Å². The summed E-state index contributed by atoms with van der Waals surface area (Å²) in [6, 6.07) is 13.3. The first-order chi connectivity index (χ1) is 13.4. The van der Waals surface area contributed by atoms with Crippen LogP contribution in [0.25, 0.3) is 11.1 Å². The molecule has 0 saturated heterocycles. The Kier molecular flexibility index (Phi) is 5.92. The molecule has 0 aliphatic rings. The molecule has 2 aromatic carbocycles. The lowest BCUT2D eigenvalue weighted by Gasteiger charge is -2.11. The van der Waals surface area contributed by atoms with E-state index < -0.39 is 0 Å². The molecule has 0 saturated carbocycles. The fraction of sp³-hybridized carbons (Fsp3) is 0.100. The Hall–Kier alpha value is -2.96. The smallest absolute Gasteiger partial charge is 0.257 e. The minimum Gasteiger partial charge on any atom is -0.497 e. The first-order valence-corrected chi connectivity index (χ1v) is 8.93. The third-order valence-electron chi connectivity index (χ3n) is 4.00. The van der Waals surface area contributed by atoms with Crippen molar-refractivity contribution in [1.82, 2.24) is 4.98 Å². The Bertz CT molecular complexity index is 1020. The quantitative estimate of drug-likeness (QED) is 0.615. The normalized spacial score (nSPS) is 10.4. The summed E-state index contributed by atoms with van der Waals surface area (Å²) in [4.78, 5) is 16.8. The summed E-state index contributed by atoms with van der Waals surface area (Å²) >= 11 is 12.3. The number of nitrogens with zero attached hydrogens (tertiary/aromatic N) is 1. The zero-order chi connectivity index (χ0) is 20.3. The maximum absolute atomic E-state index is 12.6. The predicted molar refractivity (Wildman–Crippen MR) is 112 cm³/mol. The third kappa shape index (κ3) is 4.30. The van der Waals surface area contributed by atoms with Crippen LogP contribution in [0.3, 0.4) is 0 Å². The maximum atomic E-state index is 12.6. The van der Waals surface area contributed by atoms with Gasteiger partial charge in [-0.1, -0.05) is 23.2 Å². The van der Waals surface area contributed by atoms with Crippen LogP contribution < -0.4 is 20.5 Å². The highest BCUT2D eigenvalue weighted by Gasteiger charge is 2.14. The number of amides is 1. The second-order valence-electron chi connectivity index (χ2n) is 5.81. The van der Waals surface area contributed by atoms with Crippen LogP contribution in [-0.4, -0.2) is 25.1 Å². The van der Waals surface area contributed by atoms with Gasteiger partial charge in [-0.05, 0) is 42.5 Å². The Morgan fingerprint density at radius 1 is 0.964 bits per heavy atom. The van der Waals surface area contributed by atoms with Crippen molar-refractivity contribution in [2.75, 3.05) is 25.3 Å². The van der Waals surface area contributed by atoms with Gasteiger partial charge in [-0.25, -0.2) is 4.98 Å². The van der Waals surface area contributed by atoms with Gasteiger partial charge in [0, 0.05) is 32.8 Å². The number of nitrogens with two attached hydrogens (primary N) is 1. The average molecular weight is 418 g/mol. The minimum absolute atomic E-state index is 0.213. The number of hydrogen-bond donors (Lipinski definition) is 2. The number of nitrogens with one attached hydrogen (secondary N) is 1. The Balaban J connectivity index is 1.87. The van der Waals surface area contributed by atoms with Gasteiger partial charge in [-0.3, -0.25) is 4.79 Å². The van der Waals surface area contributed by atoms with Crippen molar-refractivity contribution in [3.05, 3.63) is 64.1 Å². The van der Waals surface area contributed by atoms with Gasteiger partial charge < -0.3 is 20.5 Å². The zero-order valence-corrected chi connectivity index (χ0v) is 16.6. The van der Waals surface area contributed by atoms with Gasteiger partial charge in [-0.2, -0.15) is 0 Å². The van der Waals surface area contributed by atoms with Crippen LogP contribution in [0.5, 0.6) is 11.5 Å². The molecule has 0 unspecified atom stereocenters. The molecule has 1 heterocycles. The molecule has 3 N–H and O–H groups in total. The molecule has 6 nitrogen and oxygen atoms in total. The molecule has 0 radical (unpaired) electrons. The number of anilines is 2. The van der Waals surface area contributed by atoms with Crippen molar-refractivity contribution in [2.45, 2.75) is 0 Å². The highest BCUT2D eigenvalue weighted by atomic mass is 35.5. The van der Waals surface area contributed by atoms with E-state index in [-0.39, 0.29) is 11.7 Å². The van der Waals surface area contributed by atoms with E-state index in [0.717, 1.165) is 0 Å². The van der Waals surface area contributed by atoms with E-state index in [1.54, 1.807) is 48.5 Å². The Morgan fingerprint density at radius 2 is 1.64 bits per heavy atom. The molecule has 8 heteroatoms. The number of carbonyl (C=O) groups excluding carboxylic acids is 1. The summed E-state index contributed by atoms with van der Waals surface area (Å²) < 4.78 is 10.4. The molecule has 1 aromatic heterocycles. The fourth-order valence-electron chi connectivity index (χ4n) is 2.60. The second kappa shape index (κ2) is 8.37. The van der Waals surface area contributed by atoms with Crippen molar-refractivity contribution < 1.29 is 14.3 Å².